The maximum absolute atomic E-state index is 11.2. The molecule has 100 valence electrons. The fourth-order valence-corrected chi connectivity index (χ4v) is 1.73. The van der Waals surface area contributed by atoms with Gasteiger partial charge in [-0.2, -0.15) is 11.8 Å². The van der Waals surface area contributed by atoms with E-state index in [1.807, 2.05) is 11.8 Å². The molecule has 0 aromatic rings. The molecule has 0 aliphatic heterocycles. The van der Waals surface area contributed by atoms with Crippen molar-refractivity contribution in [3.63, 3.8) is 0 Å². The monoisotopic (exact) mass is 262 g/mol. The van der Waals surface area contributed by atoms with E-state index in [1.165, 1.54) is 25.5 Å². The quantitative estimate of drug-likeness (QED) is 0.552. The summed E-state index contributed by atoms with van der Waals surface area (Å²) in [4.78, 5) is 21.7. The maximum atomic E-state index is 11.2. The number of rotatable bonds is 9. The van der Waals surface area contributed by atoms with Crippen LogP contribution in [-0.4, -0.2) is 41.7 Å². The van der Waals surface area contributed by atoms with Crippen LogP contribution in [0.15, 0.2) is 0 Å². The third-order valence-corrected chi connectivity index (χ3v) is 2.98. The molecule has 0 saturated heterocycles. The summed E-state index contributed by atoms with van der Waals surface area (Å²) in [5.41, 5.74) is 0. The second kappa shape index (κ2) is 10.3. The van der Waals surface area contributed by atoms with Crippen LogP contribution in [0.1, 0.15) is 32.6 Å². The molecule has 5 nitrogen and oxygen atoms in total. The molecule has 0 heterocycles. The van der Waals surface area contributed by atoms with E-state index in [0.717, 1.165) is 12.8 Å². The molecule has 0 rings (SSSR count). The number of amides is 2. The van der Waals surface area contributed by atoms with Crippen molar-refractivity contribution in [3.8, 4) is 0 Å². The number of hydrogen-bond donors (Lipinski definition) is 3. The molecule has 1 unspecified atom stereocenters. The van der Waals surface area contributed by atoms with Crippen molar-refractivity contribution in [2.75, 3.05) is 18.6 Å². The van der Waals surface area contributed by atoms with Gasteiger partial charge in [0.05, 0.1) is 0 Å². The van der Waals surface area contributed by atoms with Crippen LogP contribution in [0.3, 0.4) is 0 Å². The molecule has 0 saturated carbocycles. The van der Waals surface area contributed by atoms with E-state index in [0.29, 0.717) is 6.54 Å². The number of carbonyl (C=O) groups excluding carboxylic acids is 1. The smallest absolute Gasteiger partial charge is 0.325 e. The van der Waals surface area contributed by atoms with Crippen molar-refractivity contribution in [2.45, 2.75) is 38.6 Å². The number of aliphatic carboxylic acids is 1. The minimum absolute atomic E-state index is 0.413. The zero-order valence-electron chi connectivity index (χ0n) is 10.5. The molecule has 0 aromatic heterocycles. The highest BCUT2D eigenvalue weighted by Crippen LogP contribution is 2.03. The predicted molar refractivity (Wildman–Crippen MR) is 70.5 cm³/mol. The number of carboxylic acid groups (broad SMARTS) is 1. The molecule has 0 bridgehead atoms. The minimum atomic E-state index is -1.03. The van der Waals surface area contributed by atoms with Crippen LogP contribution in [-0.2, 0) is 4.79 Å². The van der Waals surface area contributed by atoms with E-state index in [4.69, 9.17) is 5.11 Å². The molecule has 0 aliphatic rings. The van der Waals surface area contributed by atoms with Crippen molar-refractivity contribution in [2.24, 2.45) is 0 Å². The first-order valence-electron chi connectivity index (χ1n) is 5.84. The van der Waals surface area contributed by atoms with Crippen LogP contribution < -0.4 is 10.6 Å². The van der Waals surface area contributed by atoms with Crippen LogP contribution in [0.5, 0.6) is 0 Å². The van der Waals surface area contributed by atoms with Gasteiger partial charge in [0, 0.05) is 6.54 Å². The van der Waals surface area contributed by atoms with E-state index < -0.39 is 18.0 Å². The number of thioether (sulfide) groups is 1. The zero-order chi connectivity index (χ0) is 13.1. The third kappa shape index (κ3) is 9.99. The lowest BCUT2D eigenvalue weighted by molar-refractivity contribution is -0.138. The van der Waals surface area contributed by atoms with E-state index >= 15 is 0 Å². The van der Waals surface area contributed by atoms with Crippen LogP contribution in [0.4, 0.5) is 4.79 Å². The molecule has 1 atom stereocenters. The largest absolute Gasteiger partial charge is 0.480 e. The first-order valence-corrected chi connectivity index (χ1v) is 7.23. The number of unbranched alkanes of at least 4 members (excludes halogenated alkanes) is 3. The fourth-order valence-electron chi connectivity index (χ4n) is 1.24. The molecule has 0 aliphatic carbocycles. The van der Waals surface area contributed by atoms with Gasteiger partial charge < -0.3 is 15.7 Å². The Morgan fingerprint density at radius 1 is 1.24 bits per heavy atom. The third-order valence-electron chi connectivity index (χ3n) is 2.28. The van der Waals surface area contributed by atoms with Crippen molar-refractivity contribution < 1.29 is 14.7 Å². The fraction of sp³-hybridized carbons (Fsp3) is 0.818. The first kappa shape index (κ1) is 16.1. The van der Waals surface area contributed by atoms with Gasteiger partial charge in [0.2, 0.25) is 0 Å². The molecule has 2 amide bonds. The molecule has 0 aromatic carbocycles. The Labute approximate surface area is 107 Å². The van der Waals surface area contributed by atoms with Gasteiger partial charge in [0.15, 0.2) is 0 Å². The Morgan fingerprint density at radius 2 is 1.88 bits per heavy atom. The van der Waals surface area contributed by atoms with Gasteiger partial charge in [-0.15, -0.1) is 0 Å². The Balaban J connectivity index is 3.36. The Bertz CT molecular complexity index is 237. The summed E-state index contributed by atoms with van der Waals surface area (Å²) >= 11 is 1.84. The van der Waals surface area contributed by atoms with Crippen LogP contribution in [0.2, 0.25) is 0 Å². The lowest BCUT2D eigenvalue weighted by Crippen LogP contribution is -2.44. The number of nitrogens with one attached hydrogen (secondary N) is 2. The molecule has 3 N–H and O–H groups in total. The van der Waals surface area contributed by atoms with Gasteiger partial charge in [-0.1, -0.05) is 12.8 Å². The van der Waals surface area contributed by atoms with Crippen molar-refractivity contribution in [1.82, 2.24) is 10.6 Å². The SMILES string of the molecule is CSCCCCCCNC(=O)NC(C)C(=O)O. The summed E-state index contributed by atoms with van der Waals surface area (Å²) in [5.74, 6) is 0.154. The maximum Gasteiger partial charge on any atom is 0.325 e. The first-order chi connectivity index (χ1) is 8.07. The number of carbonyl (C=O) groups is 2. The van der Waals surface area contributed by atoms with Crippen LogP contribution in [0.25, 0.3) is 0 Å². The molecule has 6 heteroatoms. The van der Waals surface area contributed by atoms with E-state index in [2.05, 4.69) is 16.9 Å². The average Bonchev–Trinajstić information content (AvgIpc) is 2.27. The van der Waals surface area contributed by atoms with E-state index in [1.54, 1.807) is 0 Å². The van der Waals surface area contributed by atoms with Crippen LogP contribution in [0, 0.1) is 0 Å². The predicted octanol–water partition coefficient (Wildman–Crippen LogP) is 1.68. The summed E-state index contributed by atoms with van der Waals surface area (Å²) in [6.07, 6.45) is 6.51. The average molecular weight is 262 g/mol. The summed E-state index contributed by atoms with van der Waals surface area (Å²) in [6.45, 7) is 2.03. The molecule has 0 radical (unpaired) electrons. The number of carboxylic acids is 1. The van der Waals surface area contributed by atoms with Gasteiger partial charge in [-0.05, 0) is 31.8 Å². The van der Waals surface area contributed by atoms with Gasteiger partial charge in [0.25, 0.3) is 0 Å². The van der Waals surface area contributed by atoms with Crippen LogP contribution >= 0.6 is 11.8 Å². The highest BCUT2D eigenvalue weighted by atomic mass is 32.2. The van der Waals surface area contributed by atoms with E-state index in [9.17, 15) is 9.59 Å². The van der Waals surface area contributed by atoms with Crippen molar-refractivity contribution in [3.05, 3.63) is 0 Å². The molecular weight excluding hydrogens is 240 g/mol. The zero-order valence-corrected chi connectivity index (χ0v) is 11.3. The highest BCUT2D eigenvalue weighted by molar-refractivity contribution is 7.98. The lowest BCUT2D eigenvalue weighted by Gasteiger charge is -2.10. The minimum Gasteiger partial charge on any atom is -0.480 e. The highest BCUT2D eigenvalue weighted by Gasteiger charge is 2.12. The molecular formula is C11H22N2O3S. The molecule has 17 heavy (non-hydrogen) atoms. The Kier molecular flexibility index (Phi) is 9.71. The summed E-state index contributed by atoms with van der Waals surface area (Å²) < 4.78 is 0. The Morgan fingerprint density at radius 3 is 2.47 bits per heavy atom. The standard InChI is InChI=1S/C11H22N2O3S/c1-9(10(14)15)13-11(16)12-7-5-3-4-6-8-17-2/h9H,3-8H2,1-2H3,(H,14,15)(H2,12,13,16). The number of urea groups is 1. The second-order valence-corrected chi connectivity index (χ2v) is 4.85. The van der Waals surface area contributed by atoms with Gasteiger partial charge in [-0.3, -0.25) is 4.79 Å². The van der Waals surface area contributed by atoms with Gasteiger partial charge in [0.1, 0.15) is 6.04 Å². The number of hydrogen-bond acceptors (Lipinski definition) is 3. The normalized spacial score (nSPS) is 11.9. The topological polar surface area (TPSA) is 78.4 Å². The second-order valence-electron chi connectivity index (χ2n) is 3.87. The summed E-state index contributed by atoms with van der Waals surface area (Å²) in [7, 11) is 0. The lowest BCUT2D eigenvalue weighted by atomic mass is 10.2. The molecule has 0 fully saturated rings. The van der Waals surface area contributed by atoms with Gasteiger partial charge >= 0.3 is 12.0 Å². The summed E-state index contributed by atoms with van der Waals surface area (Å²) in [5, 5.41) is 13.6. The van der Waals surface area contributed by atoms with Gasteiger partial charge in [-0.25, -0.2) is 4.79 Å². The Hall–Kier alpha value is -0.910. The molecule has 0 spiro atoms. The van der Waals surface area contributed by atoms with Crippen molar-refractivity contribution in [1.29, 1.82) is 0 Å². The van der Waals surface area contributed by atoms with E-state index in [-0.39, 0.29) is 0 Å². The summed E-state index contributed by atoms with van der Waals surface area (Å²) in [6, 6.07) is -1.26. The van der Waals surface area contributed by atoms with Crippen molar-refractivity contribution >= 4 is 23.8 Å².